The Hall–Kier alpha value is -4.33. The maximum Gasteiger partial charge on any atom is 0.291 e. The smallest absolute Gasteiger partial charge is 0.291 e. The predicted octanol–water partition coefficient (Wildman–Crippen LogP) is 4.02. The number of benzene rings is 2. The average Bonchev–Trinajstić information content (AvgIpc) is 3.51. The van der Waals surface area contributed by atoms with E-state index in [1.807, 2.05) is 36.4 Å². The fourth-order valence-electron chi connectivity index (χ4n) is 2.84. The summed E-state index contributed by atoms with van der Waals surface area (Å²) in [7, 11) is 1.57. The maximum atomic E-state index is 12.2. The summed E-state index contributed by atoms with van der Waals surface area (Å²) < 4.78 is 16.5. The zero-order valence-corrected chi connectivity index (χ0v) is 16.7. The van der Waals surface area contributed by atoms with Gasteiger partial charge in [-0.15, -0.1) is 0 Å². The van der Waals surface area contributed by atoms with E-state index in [9.17, 15) is 4.79 Å². The molecule has 2 aromatic carbocycles. The van der Waals surface area contributed by atoms with Crippen molar-refractivity contribution >= 4 is 12.1 Å². The van der Waals surface area contributed by atoms with Gasteiger partial charge in [-0.05, 0) is 41.5 Å². The van der Waals surface area contributed by atoms with Crippen molar-refractivity contribution in [2.24, 2.45) is 5.10 Å². The largest absolute Gasteiger partial charge is 0.493 e. The van der Waals surface area contributed by atoms with E-state index in [4.69, 9.17) is 13.9 Å². The van der Waals surface area contributed by atoms with Crippen LogP contribution in [0.3, 0.4) is 0 Å². The average molecular weight is 416 g/mol. The molecular weight excluding hydrogens is 396 g/mol. The van der Waals surface area contributed by atoms with E-state index in [0.717, 1.165) is 11.1 Å². The minimum atomic E-state index is -0.444. The lowest BCUT2D eigenvalue weighted by atomic mass is 10.2. The molecule has 0 unspecified atom stereocenters. The topological polar surface area (TPSA) is 102 Å². The molecule has 31 heavy (non-hydrogen) atoms. The number of nitrogens with one attached hydrogen (secondary N) is 2. The number of ether oxygens (including phenoxy) is 2. The Bertz CT molecular complexity index is 1170. The van der Waals surface area contributed by atoms with Gasteiger partial charge in [0.25, 0.3) is 5.91 Å². The quantitative estimate of drug-likeness (QED) is 0.334. The van der Waals surface area contributed by atoms with Crippen molar-refractivity contribution in [2.45, 2.75) is 6.61 Å². The zero-order chi connectivity index (χ0) is 21.5. The fraction of sp³-hybridized carbons (Fsp3) is 0.0870. The van der Waals surface area contributed by atoms with Crippen LogP contribution in [0.25, 0.3) is 11.5 Å². The van der Waals surface area contributed by atoms with Gasteiger partial charge in [0, 0.05) is 6.07 Å². The monoisotopic (exact) mass is 416 g/mol. The second-order valence-corrected chi connectivity index (χ2v) is 6.53. The lowest BCUT2D eigenvalue weighted by molar-refractivity contribution is 0.0950. The molecule has 0 bridgehead atoms. The van der Waals surface area contributed by atoms with E-state index in [-0.39, 0.29) is 5.69 Å². The first-order chi connectivity index (χ1) is 15.2. The van der Waals surface area contributed by atoms with Gasteiger partial charge in [-0.3, -0.25) is 9.89 Å². The lowest BCUT2D eigenvalue weighted by Gasteiger charge is -2.11. The van der Waals surface area contributed by atoms with Gasteiger partial charge in [-0.25, -0.2) is 5.43 Å². The van der Waals surface area contributed by atoms with Crippen molar-refractivity contribution in [3.8, 4) is 23.0 Å². The van der Waals surface area contributed by atoms with Crippen molar-refractivity contribution in [3.63, 3.8) is 0 Å². The molecule has 156 valence electrons. The summed E-state index contributed by atoms with van der Waals surface area (Å²) in [5, 5.41) is 10.7. The Labute approximate surface area is 178 Å². The number of aromatic amines is 1. The number of carbonyl (C=O) groups is 1. The highest BCUT2D eigenvalue weighted by Gasteiger charge is 2.12. The molecule has 1 amide bonds. The van der Waals surface area contributed by atoms with Crippen LogP contribution in [0.15, 0.2) is 82.5 Å². The van der Waals surface area contributed by atoms with Crippen molar-refractivity contribution in [2.75, 3.05) is 7.11 Å². The van der Waals surface area contributed by atoms with Gasteiger partial charge in [0.15, 0.2) is 23.0 Å². The van der Waals surface area contributed by atoms with Crippen LogP contribution in [-0.4, -0.2) is 29.4 Å². The number of carbonyl (C=O) groups excluding carboxylic acids is 1. The Kier molecular flexibility index (Phi) is 6.08. The highest BCUT2D eigenvalue weighted by molar-refractivity contribution is 5.94. The molecule has 0 aliphatic carbocycles. The maximum absolute atomic E-state index is 12.2. The SMILES string of the molecule is COc1cc(C=NNC(=O)c2cc(-c3ccco3)[nH]n2)ccc1OCc1ccccc1. The van der Waals surface area contributed by atoms with Crippen LogP contribution in [0.5, 0.6) is 11.5 Å². The zero-order valence-electron chi connectivity index (χ0n) is 16.7. The molecule has 2 aromatic heterocycles. The third-order valence-electron chi connectivity index (χ3n) is 4.40. The first-order valence-corrected chi connectivity index (χ1v) is 9.50. The first kappa shape index (κ1) is 20.0. The summed E-state index contributed by atoms with van der Waals surface area (Å²) in [6.07, 6.45) is 3.06. The summed E-state index contributed by atoms with van der Waals surface area (Å²) in [5.41, 5.74) is 5.06. The van der Waals surface area contributed by atoms with Crippen molar-refractivity contribution < 1.29 is 18.7 Å². The summed E-state index contributed by atoms with van der Waals surface area (Å²) in [4.78, 5) is 12.2. The van der Waals surface area contributed by atoms with Gasteiger partial charge in [-0.2, -0.15) is 10.2 Å². The third kappa shape index (κ3) is 4.99. The molecule has 2 heterocycles. The minimum Gasteiger partial charge on any atom is -0.493 e. The van der Waals surface area contributed by atoms with Gasteiger partial charge in [0.2, 0.25) is 0 Å². The molecule has 4 rings (SSSR count). The van der Waals surface area contributed by atoms with Crippen LogP contribution in [0, 0.1) is 0 Å². The molecule has 0 aliphatic heterocycles. The van der Waals surface area contributed by atoms with Crippen LogP contribution >= 0.6 is 0 Å². The van der Waals surface area contributed by atoms with E-state index in [1.54, 1.807) is 43.7 Å². The van der Waals surface area contributed by atoms with Crippen LogP contribution < -0.4 is 14.9 Å². The normalized spacial score (nSPS) is 10.9. The molecule has 0 atom stereocenters. The highest BCUT2D eigenvalue weighted by atomic mass is 16.5. The minimum absolute atomic E-state index is 0.200. The number of hydrazone groups is 1. The Morgan fingerprint density at radius 1 is 1.13 bits per heavy atom. The summed E-state index contributed by atoms with van der Waals surface area (Å²) in [6, 6.07) is 20.4. The van der Waals surface area contributed by atoms with Crippen molar-refractivity contribution in [1.29, 1.82) is 0 Å². The van der Waals surface area contributed by atoms with E-state index in [0.29, 0.717) is 29.6 Å². The van der Waals surface area contributed by atoms with Gasteiger partial charge in [0.1, 0.15) is 12.3 Å². The van der Waals surface area contributed by atoms with Crippen molar-refractivity contribution in [1.82, 2.24) is 15.6 Å². The Balaban J connectivity index is 1.36. The molecule has 0 fully saturated rings. The second-order valence-electron chi connectivity index (χ2n) is 6.53. The molecule has 4 aromatic rings. The van der Waals surface area contributed by atoms with Crippen LogP contribution in [-0.2, 0) is 6.61 Å². The number of methoxy groups -OCH3 is 1. The Morgan fingerprint density at radius 2 is 2.00 bits per heavy atom. The summed E-state index contributed by atoms with van der Waals surface area (Å²) in [5.74, 6) is 1.34. The third-order valence-corrected chi connectivity index (χ3v) is 4.40. The number of aromatic nitrogens is 2. The molecule has 0 aliphatic rings. The summed E-state index contributed by atoms with van der Waals surface area (Å²) >= 11 is 0. The number of rotatable bonds is 8. The van der Waals surface area contributed by atoms with Gasteiger partial charge in [-0.1, -0.05) is 30.3 Å². The number of nitrogens with zero attached hydrogens (tertiary/aromatic N) is 2. The first-order valence-electron chi connectivity index (χ1n) is 9.50. The number of furan rings is 1. The van der Waals surface area contributed by atoms with Crippen LogP contribution in [0.1, 0.15) is 21.6 Å². The van der Waals surface area contributed by atoms with Gasteiger partial charge < -0.3 is 13.9 Å². The van der Waals surface area contributed by atoms with Gasteiger partial charge >= 0.3 is 0 Å². The lowest BCUT2D eigenvalue weighted by Crippen LogP contribution is -2.18. The number of hydrogen-bond acceptors (Lipinski definition) is 6. The highest BCUT2D eigenvalue weighted by Crippen LogP contribution is 2.28. The van der Waals surface area contributed by atoms with Crippen LogP contribution in [0.4, 0.5) is 0 Å². The van der Waals surface area contributed by atoms with E-state index in [1.165, 1.54) is 6.21 Å². The predicted molar refractivity (Wildman–Crippen MR) is 115 cm³/mol. The van der Waals surface area contributed by atoms with E-state index in [2.05, 4.69) is 20.7 Å². The molecule has 2 N–H and O–H groups in total. The summed E-state index contributed by atoms with van der Waals surface area (Å²) in [6.45, 7) is 0.435. The molecule has 0 saturated heterocycles. The van der Waals surface area contributed by atoms with E-state index >= 15 is 0 Å². The van der Waals surface area contributed by atoms with E-state index < -0.39 is 5.91 Å². The molecule has 8 heteroatoms. The van der Waals surface area contributed by atoms with Crippen LogP contribution in [0.2, 0.25) is 0 Å². The number of H-pyrrole nitrogens is 1. The fourth-order valence-corrected chi connectivity index (χ4v) is 2.84. The van der Waals surface area contributed by atoms with Gasteiger partial charge in [0.05, 0.1) is 19.6 Å². The molecule has 8 nitrogen and oxygen atoms in total. The molecule has 0 saturated carbocycles. The number of amides is 1. The molecular formula is C23H20N4O4. The van der Waals surface area contributed by atoms with Crippen molar-refractivity contribution in [3.05, 3.63) is 89.8 Å². The number of hydrogen-bond donors (Lipinski definition) is 2. The molecule has 0 radical (unpaired) electrons. The Morgan fingerprint density at radius 3 is 2.77 bits per heavy atom. The second kappa shape index (κ2) is 9.45. The standard InChI is InChI=1S/C23H20N4O4/c1-29-22-12-17(9-10-21(22)31-15-16-6-3-2-4-7-16)14-24-27-23(28)19-13-18(25-26-19)20-8-5-11-30-20/h2-14H,15H2,1H3,(H,25,26)(H,27,28). The molecule has 0 spiro atoms.